The molecule has 0 saturated carbocycles. The van der Waals surface area contributed by atoms with Crippen LogP contribution in [0.25, 0.3) is 10.8 Å². The Morgan fingerprint density at radius 2 is 1.51 bits per heavy atom. The lowest BCUT2D eigenvalue weighted by atomic mass is 9.93. The second-order valence-corrected chi connectivity index (χ2v) is 18.4. The Labute approximate surface area is 311 Å². The molecule has 13 heteroatoms. The number of rotatable bonds is 15. The van der Waals surface area contributed by atoms with Crippen molar-refractivity contribution in [3.05, 3.63) is 83.9 Å². The monoisotopic (exact) mass is 761 g/mol. The maximum Gasteiger partial charge on any atom is 0.404 e. The first-order valence-corrected chi connectivity index (χ1v) is 19.9. The van der Waals surface area contributed by atoms with Crippen molar-refractivity contribution in [3.63, 3.8) is 0 Å². The smallest absolute Gasteiger partial charge is 0.389 e. The molecule has 4 N–H and O–H groups in total. The number of piperidine rings is 1. The fourth-order valence-corrected chi connectivity index (χ4v) is 8.18. The van der Waals surface area contributed by atoms with Crippen molar-refractivity contribution >= 4 is 32.4 Å². The maximum absolute atomic E-state index is 14.1. The minimum Gasteiger partial charge on any atom is -0.389 e. The molecule has 2 amide bonds. The van der Waals surface area contributed by atoms with Gasteiger partial charge in [0.15, 0.2) is 9.84 Å². The first-order valence-electron chi connectivity index (χ1n) is 18.3. The Kier molecular flexibility index (Phi) is 14.1. The summed E-state index contributed by atoms with van der Waals surface area (Å²) < 4.78 is 67.3. The van der Waals surface area contributed by atoms with Gasteiger partial charge >= 0.3 is 6.18 Å². The van der Waals surface area contributed by atoms with E-state index in [1.165, 1.54) is 0 Å². The molecule has 1 fully saturated rings. The number of halogens is 3. The average molecular weight is 762 g/mol. The largest absolute Gasteiger partial charge is 0.404 e. The molecule has 1 saturated heterocycles. The molecular weight excluding hydrogens is 708 g/mol. The third-order valence-electron chi connectivity index (χ3n) is 10.2. The highest BCUT2D eigenvalue weighted by Crippen LogP contribution is 2.32. The van der Waals surface area contributed by atoms with Crippen molar-refractivity contribution in [2.75, 3.05) is 18.8 Å². The normalized spacial score (nSPS) is 19.0. The van der Waals surface area contributed by atoms with E-state index in [1.54, 1.807) is 65.0 Å². The quantitative estimate of drug-likeness (QED) is 0.167. The van der Waals surface area contributed by atoms with Gasteiger partial charge in [-0.1, -0.05) is 93.1 Å². The molecule has 1 aliphatic rings. The van der Waals surface area contributed by atoms with E-state index in [1.807, 2.05) is 42.5 Å². The number of β-amino-alcohol motifs (C(OH)–C–C–N with tert-alkyl or cyclic N) is 1. The zero-order chi connectivity index (χ0) is 39.1. The Morgan fingerprint density at radius 1 is 0.868 bits per heavy atom. The molecule has 3 aromatic rings. The van der Waals surface area contributed by atoms with Gasteiger partial charge in [0.05, 0.1) is 28.6 Å². The highest BCUT2D eigenvalue weighted by molar-refractivity contribution is 7.92. The van der Waals surface area contributed by atoms with Gasteiger partial charge in [0.25, 0.3) is 0 Å². The molecule has 0 aliphatic carbocycles. The second-order valence-electron chi connectivity index (χ2n) is 15.6. The van der Waals surface area contributed by atoms with Crippen LogP contribution >= 0.6 is 0 Å². The molecule has 0 bridgehead atoms. The number of alkyl halides is 3. The van der Waals surface area contributed by atoms with Crippen molar-refractivity contribution < 1.29 is 41.4 Å². The first kappa shape index (κ1) is 42.2. The summed E-state index contributed by atoms with van der Waals surface area (Å²) in [4.78, 5) is 29.3. The predicted octanol–water partition coefficient (Wildman–Crippen LogP) is 5.22. The van der Waals surface area contributed by atoms with Crippen LogP contribution in [0.5, 0.6) is 0 Å². The SMILES string of the molecule is CC(C)C(NC(=O)C(Cc1cccc2ccccc12)CS(=O)(=O)C(C)(C)C)C(=O)NC(Cc1ccccc1)C(O)C(O)CN1CCCCC1C(F)(F)F. The molecule has 9 nitrogen and oxygen atoms in total. The number of nitrogens with one attached hydrogen (secondary N) is 2. The minimum atomic E-state index is -4.50. The van der Waals surface area contributed by atoms with Crippen LogP contribution < -0.4 is 10.6 Å². The standard InChI is InChI=1S/C40H54F3N3O6S/c1-26(2)35(45-37(49)30(25-53(51,52)39(3,4)5)23-29-18-13-17-28-16-9-10-19-31(28)29)38(50)44-32(22-27-14-7-6-8-15-27)36(48)33(47)24-46-21-12-11-20-34(46)40(41,42)43/h6-10,13-19,26,30,32-36,47-48H,11-12,20-25H2,1-5H3,(H,44,50)(H,45,49). The van der Waals surface area contributed by atoms with Gasteiger partial charge < -0.3 is 20.8 Å². The number of nitrogens with zero attached hydrogens (tertiary/aromatic N) is 1. The van der Waals surface area contributed by atoms with Gasteiger partial charge in [-0.15, -0.1) is 0 Å². The van der Waals surface area contributed by atoms with E-state index in [0.717, 1.165) is 21.2 Å². The topological polar surface area (TPSA) is 136 Å². The summed E-state index contributed by atoms with van der Waals surface area (Å²) >= 11 is 0. The molecule has 0 aromatic heterocycles. The highest BCUT2D eigenvalue weighted by atomic mass is 32.2. The second kappa shape index (κ2) is 17.7. The fourth-order valence-electron chi connectivity index (χ4n) is 6.88. The third kappa shape index (κ3) is 11.3. The van der Waals surface area contributed by atoms with Crippen LogP contribution in [-0.4, -0.2) is 95.4 Å². The van der Waals surface area contributed by atoms with Crippen LogP contribution in [0.2, 0.25) is 0 Å². The number of sulfone groups is 1. The maximum atomic E-state index is 14.1. The number of fused-ring (bicyclic) bond motifs is 1. The average Bonchev–Trinajstić information content (AvgIpc) is 3.09. The number of likely N-dealkylation sites (tertiary alicyclic amines) is 1. The van der Waals surface area contributed by atoms with Crippen molar-refractivity contribution in [1.82, 2.24) is 15.5 Å². The Morgan fingerprint density at radius 3 is 2.15 bits per heavy atom. The number of benzene rings is 3. The molecule has 292 valence electrons. The number of carbonyl (C=O) groups is 2. The van der Waals surface area contributed by atoms with Crippen LogP contribution in [0.1, 0.15) is 65.0 Å². The zero-order valence-electron chi connectivity index (χ0n) is 31.1. The molecule has 4 rings (SSSR count). The van der Waals surface area contributed by atoms with Crippen LogP contribution in [0.4, 0.5) is 13.2 Å². The summed E-state index contributed by atoms with van der Waals surface area (Å²) in [6.45, 7) is 7.79. The summed E-state index contributed by atoms with van der Waals surface area (Å²) in [5.41, 5.74) is 1.47. The minimum absolute atomic E-state index is 0.0415. The highest BCUT2D eigenvalue weighted by Gasteiger charge is 2.45. The van der Waals surface area contributed by atoms with E-state index in [2.05, 4.69) is 10.6 Å². The molecule has 0 spiro atoms. The van der Waals surface area contributed by atoms with Gasteiger partial charge in [-0.3, -0.25) is 14.5 Å². The van der Waals surface area contributed by atoms with E-state index < -0.39 is 87.0 Å². The Balaban J connectivity index is 1.59. The molecular formula is C40H54F3N3O6S. The third-order valence-corrected chi connectivity index (χ3v) is 12.9. The molecule has 53 heavy (non-hydrogen) atoms. The van der Waals surface area contributed by atoms with E-state index >= 15 is 0 Å². The summed E-state index contributed by atoms with van der Waals surface area (Å²) in [6, 6.07) is 18.0. The molecule has 6 unspecified atom stereocenters. The lowest BCUT2D eigenvalue weighted by molar-refractivity contribution is -0.196. The number of hydrogen-bond acceptors (Lipinski definition) is 7. The van der Waals surface area contributed by atoms with Gasteiger partial charge in [0, 0.05) is 6.54 Å². The van der Waals surface area contributed by atoms with Gasteiger partial charge in [-0.25, -0.2) is 8.42 Å². The number of aliphatic hydroxyl groups excluding tert-OH is 2. The summed E-state index contributed by atoms with van der Waals surface area (Å²) in [5, 5.41) is 29.9. The van der Waals surface area contributed by atoms with Gasteiger partial charge in [0.2, 0.25) is 11.8 Å². The van der Waals surface area contributed by atoms with Crippen LogP contribution in [0.3, 0.4) is 0 Å². The Bertz CT molecular complexity index is 1780. The van der Waals surface area contributed by atoms with E-state index in [4.69, 9.17) is 0 Å². The van der Waals surface area contributed by atoms with Gasteiger partial charge in [0.1, 0.15) is 18.2 Å². The summed E-state index contributed by atoms with van der Waals surface area (Å²) in [5.74, 6) is -3.33. The molecule has 6 atom stereocenters. The van der Waals surface area contributed by atoms with Gasteiger partial charge in [-0.05, 0) is 80.8 Å². The van der Waals surface area contributed by atoms with Crippen molar-refractivity contribution in [2.45, 2.75) is 108 Å². The first-order chi connectivity index (χ1) is 24.8. The lowest BCUT2D eigenvalue weighted by Gasteiger charge is -2.39. The number of hydrogen-bond donors (Lipinski definition) is 4. The fraction of sp³-hybridized carbons (Fsp3) is 0.550. The zero-order valence-corrected chi connectivity index (χ0v) is 32.0. The van der Waals surface area contributed by atoms with Gasteiger partial charge in [-0.2, -0.15) is 13.2 Å². The van der Waals surface area contributed by atoms with E-state index in [0.29, 0.717) is 18.4 Å². The Hall–Kier alpha value is -3.52. The number of amides is 2. The lowest BCUT2D eigenvalue weighted by Crippen LogP contribution is -2.59. The van der Waals surface area contributed by atoms with Crippen molar-refractivity contribution in [3.8, 4) is 0 Å². The number of aliphatic hydroxyl groups is 2. The molecule has 1 aliphatic heterocycles. The van der Waals surface area contributed by atoms with Crippen LogP contribution in [0, 0.1) is 11.8 Å². The summed E-state index contributed by atoms with van der Waals surface area (Å²) in [7, 11) is -3.79. The van der Waals surface area contributed by atoms with Crippen molar-refractivity contribution in [1.29, 1.82) is 0 Å². The predicted molar refractivity (Wildman–Crippen MR) is 201 cm³/mol. The molecule has 0 radical (unpaired) electrons. The molecule has 3 aromatic carbocycles. The van der Waals surface area contributed by atoms with Crippen LogP contribution in [0.15, 0.2) is 72.8 Å². The van der Waals surface area contributed by atoms with Crippen molar-refractivity contribution in [2.24, 2.45) is 11.8 Å². The van der Waals surface area contributed by atoms with Crippen LogP contribution in [-0.2, 0) is 32.3 Å². The van der Waals surface area contributed by atoms with E-state index in [-0.39, 0.29) is 25.8 Å². The summed E-state index contributed by atoms with van der Waals surface area (Å²) in [6.07, 6.45) is -6.84. The number of carbonyl (C=O) groups excluding carboxylic acids is 2. The molecule has 1 heterocycles. The van der Waals surface area contributed by atoms with E-state index in [9.17, 15) is 41.4 Å².